The van der Waals surface area contributed by atoms with Gasteiger partial charge in [-0.15, -0.1) is 10.2 Å². The predicted octanol–water partition coefficient (Wildman–Crippen LogP) is 4.34. The number of hydrogen-bond donors (Lipinski definition) is 2. The van der Waals surface area contributed by atoms with Gasteiger partial charge in [-0.3, -0.25) is 9.59 Å². The fourth-order valence-corrected chi connectivity index (χ4v) is 2.98. The number of carbonyl (C=O) groups excluding carboxylic acids is 2. The molecule has 0 aliphatic heterocycles. The molecule has 166 valence electrons. The highest BCUT2D eigenvalue weighted by Crippen LogP contribution is 2.21. The van der Waals surface area contributed by atoms with Crippen molar-refractivity contribution in [3.05, 3.63) is 95.3 Å². The minimum absolute atomic E-state index is 0.0951. The molecule has 0 aliphatic rings. The third kappa shape index (κ3) is 6.18. The van der Waals surface area contributed by atoms with Crippen LogP contribution in [0.1, 0.15) is 16.2 Å². The van der Waals surface area contributed by atoms with Gasteiger partial charge in [-0.2, -0.15) is 0 Å². The van der Waals surface area contributed by atoms with Crippen molar-refractivity contribution < 1.29 is 18.7 Å². The summed E-state index contributed by atoms with van der Waals surface area (Å²) < 4.78 is 11.3. The molecule has 0 radical (unpaired) electrons. The summed E-state index contributed by atoms with van der Waals surface area (Å²) in [4.78, 5) is 24.1. The van der Waals surface area contributed by atoms with Gasteiger partial charge < -0.3 is 19.8 Å². The first kappa shape index (κ1) is 22.0. The van der Waals surface area contributed by atoms with Gasteiger partial charge in [0.15, 0.2) is 6.61 Å². The van der Waals surface area contributed by atoms with Gasteiger partial charge >= 0.3 is 0 Å². The molecule has 0 unspecified atom stereocenters. The second kappa shape index (κ2) is 10.4. The van der Waals surface area contributed by atoms with Crippen LogP contribution in [-0.2, 0) is 11.4 Å². The Labute approximate surface area is 194 Å². The van der Waals surface area contributed by atoms with E-state index in [2.05, 4.69) is 20.8 Å². The van der Waals surface area contributed by atoms with E-state index in [1.54, 1.807) is 72.8 Å². The monoisotopic (exact) mass is 462 g/mol. The van der Waals surface area contributed by atoms with E-state index < -0.39 is 0 Å². The molecule has 8 nitrogen and oxygen atoms in total. The molecule has 2 amide bonds. The Morgan fingerprint density at radius 1 is 0.909 bits per heavy atom. The van der Waals surface area contributed by atoms with Crippen LogP contribution in [0.2, 0.25) is 5.02 Å². The van der Waals surface area contributed by atoms with E-state index in [0.29, 0.717) is 33.8 Å². The summed E-state index contributed by atoms with van der Waals surface area (Å²) in [5, 5.41) is 13.9. The lowest BCUT2D eigenvalue weighted by Crippen LogP contribution is -2.32. The zero-order valence-corrected chi connectivity index (χ0v) is 18.1. The van der Waals surface area contributed by atoms with Crippen molar-refractivity contribution in [1.29, 1.82) is 0 Å². The molecule has 0 saturated carbocycles. The number of amides is 2. The molecule has 0 aliphatic carbocycles. The largest absolute Gasteiger partial charge is 0.484 e. The van der Waals surface area contributed by atoms with Crippen LogP contribution in [0.3, 0.4) is 0 Å². The van der Waals surface area contributed by atoms with E-state index in [0.717, 1.165) is 5.56 Å². The van der Waals surface area contributed by atoms with Crippen molar-refractivity contribution in [3.63, 3.8) is 0 Å². The van der Waals surface area contributed by atoms with Crippen LogP contribution in [0.25, 0.3) is 11.5 Å². The first-order valence-corrected chi connectivity index (χ1v) is 10.4. The minimum Gasteiger partial charge on any atom is -0.484 e. The van der Waals surface area contributed by atoms with Gasteiger partial charge in [0.05, 0.1) is 6.54 Å². The van der Waals surface area contributed by atoms with E-state index in [1.165, 1.54) is 0 Å². The third-order valence-electron chi connectivity index (χ3n) is 4.50. The molecule has 9 heteroatoms. The normalized spacial score (nSPS) is 10.5. The highest BCUT2D eigenvalue weighted by molar-refractivity contribution is 6.30. The number of nitrogens with one attached hydrogen (secondary N) is 2. The maximum absolute atomic E-state index is 12.1. The number of benzene rings is 3. The van der Waals surface area contributed by atoms with E-state index in [1.807, 2.05) is 6.07 Å². The van der Waals surface area contributed by atoms with Gasteiger partial charge in [0.25, 0.3) is 11.8 Å². The summed E-state index contributed by atoms with van der Waals surface area (Å²) in [7, 11) is 0. The third-order valence-corrected chi connectivity index (χ3v) is 4.76. The van der Waals surface area contributed by atoms with Crippen LogP contribution in [0.5, 0.6) is 5.75 Å². The van der Waals surface area contributed by atoms with E-state index >= 15 is 0 Å². The number of carbonyl (C=O) groups is 2. The van der Waals surface area contributed by atoms with Crippen LogP contribution in [-0.4, -0.2) is 28.6 Å². The van der Waals surface area contributed by atoms with Crippen molar-refractivity contribution >= 4 is 29.1 Å². The highest BCUT2D eigenvalue weighted by atomic mass is 35.5. The molecule has 0 spiro atoms. The highest BCUT2D eigenvalue weighted by Gasteiger charge is 2.10. The Kier molecular flexibility index (Phi) is 6.96. The number of halogens is 1. The summed E-state index contributed by atoms with van der Waals surface area (Å²) >= 11 is 5.89. The number of anilines is 1. The summed E-state index contributed by atoms with van der Waals surface area (Å²) in [6.07, 6.45) is 0. The molecule has 4 aromatic rings. The number of ether oxygens (including phenoxy) is 1. The SMILES string of the molecule is O=C(CNC(=O)c1ccccc1)Nc1ccc(OCc2nnc(-c3ccc(Cl)cc3)o2)cc1. The van der Waals surface area contributed by atoms with E-state index in [-0.39, 0.29) is 25.0 Å². The zero-order chi connectivity index (χ0) is 23.0. The zero-order valence-electron chi connectivity index (χ0n) is 17.3. The topological polar surface area (TPSA) is 106 Å². The molecule has 33 heavy (non-hydrogen) atoms. The molecule has 0 fully saturated rings. The van der Waals surface area contributed by atoms with Gasteiger partial charge in [-0.05, 0) is 60.7 Å². The second-order valence-corrected chi connectivity index (χ2v) is 7.35. The van der Waals surface area contributed by atoms with Crippen molar-refractivity contribution in [2.75, 3.05) is 11.9 Å². The molecular weight excluding hydrogens is 444 g/mol. The Morgan fingerprint density at radius 3 is 2.36 bits per heavy atom. The molecule has 1 heterocycles. The maximum Gasteiger partial charge on any atom is 0.254 e. The van der Waals surface area contributed by atoms with E-state index in [9.17, 15) is 9.59 Å². The van der Waals surface area contributed by atoms with Crippen LogP contribution in [0, 0.1) is 0 Å². The van der Waals surface area contributed by atoms with Crippen LogP contribution < -0.4 is 15.4 Å². The molecule has 0 bridgehead atoms. The van der Waals surface area contributed by atoms with Crippen LogP contribution in [0.15, 0.2) is 83.3 Å². The molecule has 0 atom stereocenters. The first-order valence-electron chi connectivity index (χ1n) is 10.0. The Morgan fingerprint density at radius 2 is 1.64 bits per heavy atom. The molecule has 0 saturated heterocycles. The Hall–Kier alpha value is -4.17. The molecule has 1 aromatic heterocycles. The number of nitrogens with zero attached hydrogens (tertiary/aromatic N) is 2. The summed E-state index contributed by atoms with van der Waals surface area (Å²) in [5.41, 5.74) is 1.83. The van der Waals surface area contributed by atoms with Gasteiger partial charge in [-0.1, -0.05) is 29.8 Å². The Balaban J connectivity index is 1.24. The second-order valence-electron chi connectivity index (χ2n) is 6.92. The van der Waals surface area contributed by atoms with E-state index in [4.69, 9.17) is 20.8 Å². The smallest absolute Gasteiger partial charge is 0.254 e. The quantitative estimate of drug-likeness (QED) is 0.403. The van der Waals surface area contributed by atoms with Gasteiger partial charge in [0.2, 0.25) is 11.8 Å². The number of aromatic nitrogens is 2. The lowest BCUT2D eigenvalue weighted by atomic mass is 10.2. The minimum atomic E-state index is -0.339. The van der Waals surface area contributed by atoms with Gasteiger partial charge in [0, 0.05) is 21.8 Å². The lowest BCUT2D eigenvalue weighted by molar-refractivity contribution is -0.115. The number of hydrogen-bond acceptors (Lipinski definition) is 6. The molecular formula is C24H19ClN4O4. The number of rotatable bonds is 8. The predicted molar refractivity (Wildman–Crippen MR) is 123 cm³/mol. The average molecular weight is 463 g/mol. The van der Waals surface area contributed by atoms with Crippen LogP contribution in [0.4, 0.5) is 5.69 Å². The summed E-state index contributed by atoms with van der Waals surface area (Å²) in [5.74, 6) is 0.620. The van der Waals surface area contributed by atoms with Crippen molar-refractivity contribution in [3.8, 4) is 17.2 Å². The summed E-state index contributed by atoms with van der Waals surface area (Å²) in [6.45, 7) is -0.0447. The molecule has 4 rings (SSSR count). The first-order chi connectivity index (χ1) is 16.1. The fourth-order valence-electron chi connectivity index (χ4n) is 2.86. The molecule has 3 aromatic carbocycles. The van der Waals surface area contributed by atoms with Crippen molar-refractivity contribution in [2.45, 2.75) is 6.61 Å². The lowest BCUT2D eigenvalue weighted by Gasteiger charge is -2.08. The van der Waals surface area contributed by atoms with Gasteiger partial charge in [-0.25, -0.2) is 0 Å². The molecule has 2 N–H and O–H groups in total. The standard InChI is InChI=1S/C24H19ClN4O4/c25-18-8-6-17(7-9-18)24-29-28-22(33-24)15-32-20-12-10-19(11-13-20)27-21(30)14-26-23(31)16-4-2-1-3-5-16/h1-13H,14-15H2,(H,26,31)(H,27,30). The fraction of sp³-hybridized carbons (Fsp3) is 0.0833. The Bertz CT molecular complexity index is 1230. The maximum atomic E-state index is 12.1. The van der Waals surface area contributed by atoms with Crippen molar-refractivity contribution in [2.24, 2.45) is 0 Å². The van der Waals surface area contributed by atoms with Crippen LogP contribution >= 0.6 is 11.6 Å². The summed E-state index contributed by atoms with van der Waals surface area (Å²) in [6, 6.07) is 22.6. The van der Waals surface area contributed by atoms with Crippen molar-refractivity contribution in [1.82, 2.24) is 15.5 Å². The van der Waals surface area contributed by atoms with Gasteiger partial charge in [0.1, 0.15) is 5.75 Å². The average Bonchev–Trinajstić information content (AvgIpc) is 3.32.